The first kappa shape index (κ1) is 66.6. The van der Waals surface area contributed by atoms with Crippen molar-refractivity contribution in [1.82, 2.24) is 21.3 Å². The highest BCUT2D eigenvalue weighted by molar-refractivity contribution is 6.00. The van der Waals surface area contributed by atoms with Gasteiger partial charge in [-0.2, -0.15) is 0 Å². The van der Waals surface area contributed by atoms with Crippen molar-refractivity contribution in [2.24, 2.45) is 23.7 Å². The Morgan fingerprint density at radius 2 is 0.671 bits per heavy atom. The van der Waals surface area contributed by atoms with Crippen LogP contribution in [-0.2, 0) is 57.2 Å². The summed E-state index contributed by atoms with van der Waals surface area (Å²) in [6.07, 6.45) is 3.13. The molecular formula is C55H92N4O14. The van der Waals surface area contributed by atoms with Gasteiger partial charge in [0.05, 0.1) is 91.4 Å². The van der Waals surface area contributed by atoms with E-state index in [9.17, 15) is 38.4 Å². The van der Waals surface area contributed by atoms with Crippen LogP contribution in [0.3, 0.4) is 0 Å². The van der Waals surface area contributed by atoms with Gasteiger partial charge in [-0.25, -0.2) is 0 Å². The molecule has 0 saturated carbocycles. The zero-order valence-electron chi connectivity index (χ0n) is 46.0. The van der Waals surface area contributed by atoms with E-state index in [1.165, 1.54) is 6.07 Å². The highest BCUT2D eigenvalue weighted by Crippen LogP contribution is 2.19. The van der Waals surface area contributed by atoms with Crippen molar-refractivity contribution in [3.8, 4) is 0 Å². The highest BCUT2D eigenvalue weighted by Gasteiger charge is 2.19. The minimum atomic E-state index is -0.493. The number of hydrogen-bond donors (Lipinski definition) is 4. The summed E-state index contributed by atoms with van der Waals surface area (Å²) in [5.74, 6) is 0.157. The number of ether oxygens (including phenoxy) is 6. The van der Waals surface area contributed by atoms with Gasteiger partial charge in [-0.1, -0.05) is 69.2 Å². The third-order valence-corrected chi connectivity index (χ3v) is 10.8. The second kappa shape index (κ2) is 39.9. The van der Waals surface area contributed by atoms with E-state index in [1.54, 1.807) is 12.1 Å². The van der Waals surface area contributed by atoms with Crippen LogP contribution < -0.4 is 21.3 Å². The third-order valence-electron chi connectivity index (χ3n) is 10.8. The fourth-order valence-electron chi connectivity index (χ4n) is 7.20. The quantitative estimate of drug-likeness (QED) is 0.0537. The summed E-state index contributed by atoms with van der Waals surface area (Å²) >= 11 is 0. The summed E-state index contributed by atoms with van der Waals surface area (Å²) in [7, 11) is 0. The Balaban J connectivity index is 2.59. The maximum atomic E-state index is 13.2. The summed E-state index contributed by atoms with van der Waals surface area (Å²) < 4.78 is 34.1. The molecule has 0 aliphatic heterocycles. The van der Waals surface area contributed by atoms with E-state index in [-0.39, 0.29) is 195 Å². The van der Waals surface area contributed by atoms with Crippen molar-refractivity contribution in [2.45, 2.75) is 151 Å². The van der Waals surface area contributed by atoms with E-state index in [4.69, 9.17) is 28.4 Å². The number of Topliss-reactive ketones (excluding diaryl/α,β-unsaturated/α-hetero) is 4. The Hall–Kier alpha value is -4.46. The number of hydrogen-bond acceptors (Lipinski definition) is 14. The van der Waals surface area contributed by atoms with Crippen LogP contribution in [0, 0.1) is 23.7 Å². The predicted molar refractivity (Wildman–Crippen MR) is 280 cm³/mol. The van der Waals surface area contributed by atoms with Crippen molar-refractivity contribution in [3.63, 3.8) is 0 Å². The van der Waals surface area contributed by atoms with E-state index in [2.05, 4.69) is 21.3 Å². The lowest BCUT2D eigenvalue weighted by Gasteiger charge is -2.19. The van der Waals surface area contributed by atoms with E-state index in [1.807, 2.05) is 69.2 Å². The first-order chi connectivity index (χ1) is 34.6. The SMILES string of the molecule is CC(C)CC(=O)CCOCC(COCCC(=O)CC(C)C)NC(=O)CCOCCNC(=O)c1cc(C(=O)NCCOCCC(=O)NC(COCCC(=O)CC(C)C)COCCC(=O)CC(C)C)cc(C(C)C)c1. The monoisotopic (exact) mass is 1030 g/mol. The molecular weight excluding hydrogens is 941 g/mol. The maximum Gasteiger partial charge on any atom is 0.251 e. The lowest BCUT2D eigenvalue weighted by atomic mass is 9.97. The molecule has 73 heavy (non-hydrogen) atoms. The average Bonchev–Trinajstić information content (AvgIpc) is 3.30. The minimum absolute atomic E-state index is 0.0226. The van der Waals surface area contributed by atoms with Gasteiger partial charge in [0, 0.05) is 88.4 Å². The number of benzene rings is 1. The molecule has 0 aliphatic rings. The Bertz CT molecular complexity index is 1620. The number of amides is 4. The second-order valence-electron chi connectivity index (χ2n) is 20.6. The summed E-state index contributed by atoms with van der Waals surface area (Å²) in [6.45, 7) is 22.0. The average molecular weight is 1030 g/mol. The van der Waals surface area contributed by atoms with Crippen LogP contribution in [0.1, 0.15) is 166 Å². The zero-order valence-corrected chi connectivity index (χ0v) is 46.0. The number of nitrogens with one attached hydrogen (secondary N) is 4. The van der Waals surface area contributed by atoms with Crippen LogP contribution >= 0.6 is 0 Å². The lowest BCUT2D eigenvalue weighted by molar-refractivity contribution is -0.125. The first-order valence-electron chi connectivity index (χ1n) is 26.5. The molecule has 1 aromatic rings. The van der Waals surface area contributed by atoms with Crippen molar-refractivity contribution in [2.75, 3.05) is 92.4 Å². The van der Waals surface area contributed by atoms with Crippen molar-refractivity contribution >= 4 is 46.8 Å². The van der Waals surface area contributed by atoms with Crippen molar-refractivity contribution < 1.29 is 66.8 Å². The van der Waals surface area contributed by atoms with Crippen LogP contribution in [0.25, 0.3) is 0 Å². The molecule has 0 aromatic heterocycles. The molecule has 0 atom stereocenters. The number of carbonyl (C=O) groups is 8. The first-order valence-corrected chi connectivity index (χ1v) is 26.5. The fraction of sp³-hybridized carbons (Fsp3) is 0.745. The Kier molecular flexibility index (Phi) is 36.4. The Morgan fingerprint density at radius 1 is 0.384 bits per heavy atom. The van der Waals surface area contributed by atoms with Gasteiger partial charge in [0.2, 0.25) is 11.8 Å². The minimum Gasteiger partial charge on any atom is -0.379 e. The van der Waals surface area contributed by atoms with Gasteiger partial charge in [-0.05, 0) is 53.4 Å². The number of rotatable bonds is 45. The molecule has 0 radical (unpaired) electrons. The molecule has 0 saturated heterocycles. The van der Waals surface area contributed by atoms with Gasteiger partial charge in [0.15, 0.2) is 0 Å². The number of carbonyl (C=O) groups excluding carboxylic acids is 8. The van der Waals surface area contributed by atoms with Crippen LogP contribution in [0.2, 0.25) is 0 Å². The molecule has 4 N–H and O–H groups in total. The maximum absolute atomic E-state index is 13.2. The molecule has 0 spiro atoms. The van der Waals surface area contributed by atoms with Gasteiger partial charge in [-0.15, -0.1) is 0 Å². The van der Waals surface area contributed by atoms with Gasteiger partial charge < -0.3 is 49.7 Å². The lowest BCUT2D eigenvalue weighted by Crippen LogP contribution is -2.42. The van der Waals surface area contributed by atoms with Crippen LogP contribution in [0.5, 0.6) is 0 Å². The normalized spacial score (nSPS) is 11.6. The topological polar surface area (TPSA) is 240 Å². The van der Waals surface area contributed by atoms with Gasteiger partial charge >= 0.3 is 0 Å². The Morgan fingerprint density at radius 3 is 0.945 bits per heavy atom. The van der Waals surface area contributed by atoms with Crippen LogP contribution in [0.15, 0.2) is 18.2 Å². The van der Waals surface area contributed by atoms with E-state index in [0.29, 0.717) is 36.8 Å². The molecule has 0 aliphatic carbocycles. The van der Waals surface area contributed by atoms with Gasteiger partial charge in [-0.3, -0.25) is 38.4 Å². The summed E-state index contributed by atoms with van der Waals surface area (Å²) in [5, 5.41) is 11.4. The van der Waals surface area contributed by atoms with Gasteiger partial charge in [0.25, 0.3) is 11.8 Å². The Labute approximate surface area is 435 Å². The second-order valence-corrected chi connectivity index (χ2v) is 20.6. The smallest absolute Gasteiger partial charge is 0.251 e. The molecule has 0 heterocycles. The molecule has 18 nitrogen and oxygen atoms in total. The van der Waals surface area contributed by atoms with Crippen molar-refractivity contribution in [3.05, 3.63) is 34.9 Å². The van der Waals surface area contributed by atoms with Gasteiger partial charge in [0.1, 0.15) is 23.1 Å². The molecule has 1 rings (SSSR count). The van der Waals surface area contributed by atoms with E-state index in [0.717, 1.165) is 5.56 Å². The largest absolute Gasteiger partial charge is 0.379 e. The molecule has 1 aromatic carbocycles. The zero-order chi connectivity index (χ0) is 54.6. The number of ketones is 4. The van der Waals surface area contributed by atoms with E-state index < -0.39 is 23.9 Å². The third kappa shape index (κ3) is 36.2. The standard InChI is InChI=1S/C55H92N4O14/c1-38(2)27-48(60)11-19-70-34-46(35-71-20-12-49(61)28-39(3)4)58-52(64)15-23-68-25-17-56-54(66)44-31-43(42(9)10)32-45(33-44)55(67)57-18-26-69-24-16-53(65)59-47(36-72-21-13-50(62)29-40(5)6)37-73-22-14-51(63)30-41(7)8/h31-33,38-42,46-47H,11-30,34-37H2,1-10H3,(H,56,66)(H,57,67)(H,58,64)(H,59,65). The van der Waals surface area contributed by atoms with E-state index >= 15 is 0 Å². The molecule has 18 heteroatoms. The fourth-order valence-corrected chi connectivity index (χ4v) is 7.20. The van der Waals surface area contributed by atoms with Crippen LogP contribution in [0.4, 0.5) is 0 Å². The molecule has 416 valence electrons. The molecule has 0 fully saturated rings. The predicted octanol–water partition coefficient (Wildman–Crippen LogP) is 6.14. The molecule has 4 amide bonds. The summed E-state index contributed by atoms with van der Waals surface area (Å²) in [5.41, 5.74) is 1.40. The molecule has 0 unspecified atom stereocenters. The van der Waals surface area contributed by atoms with Crippen LogP contribution in [-0.4, -0.2) is 151 Å². The summed E-state index contributed by atoms with van der Waals surface area (Å²) in [4.78, 5) is 100. The van der Waals surface area contributed by atoms with Crippen molar-refractivity contribution in [1.29, 1.82) is 0 Å². The summed E-state index contributed by atoms with van der Waals surface area (Å²) in [6, 6.07) is 4.00. The highest BCUT2D eigenvalue weighted by atomic mass is 16.5. The molecule has 0 bridgehead atoms.